The Balaban J connectivity index is 1.20. The fraction of sp³-hybridized carbons (Fsp3) is 0.615. The van der Waals surface area contributed by atoms with E-state index in [1.807, 2.05) is 18.2 Å². The maximum atomic E-state index is 13.6. The first-order valence-electron chi connectivity index (χ1n) is 12.9. The second-order valence-corrected chi connectivity index (χ2v) is 12.3. The lowest BCUT2D eigenvalue weighted by atomic mass is 9.79. The van der Waals surface area contributed by atoms with Crippen LogP contribution in [0.15, 0.2) is 42.6 Å². The van der Waals surface area contributed by atoms with Gasteiger partial charge in [0.15, 0.2) is 5.82 Å². The molecule has 0 amide bonds. The fourth-order valence-electron chi connectivity index (χ4n) is 5.56. The number of sulfonamides is 1. The van der Waals surface area contributed by atoms with Crippen LogP contribution in [0.4, 0.5) is 10.2 Å². The summed E-state index contributed by atoms with van der Waals surface area (Å²) < 4.78 is 48.8. The molecule has 7 nitrogen and oxygen atoms in total. The van der Waals surface area contributed by atoms with E-state index >= 15 is 0 Å². The van der Waals surface area contributed by atoms with Crippen LogP contribution in [0.3, 0.4) is 0 Å². The molecule has 0 bridgehead atoms. The van der Waals surface area contributed by atoms with E-state index in [1.54, 1.807) is 18.3 Å². The predicted octanol–water partition coefficient (Wildman–Crippen LogP) is 4.03. The van der Waals surface area contributed by atoms with E-state index in [9.17, 15) is 12.8 Å². The van der Waals surface area contributed by atoms with Crippen LogP contribution in [-0.4, -0.2) is 55.7 Å². The van der Waals surface area contributed by atoms with Crippen LogP contribution >= 0.6 is 0 Å². The Bertz CT molecular complexity index is 1080. The average Bonchev–Trinajstić information content (AvgIpc) is 2.83. The van der Waals surface area contributed by atoms with Crippen LogP contribution in [0.5, 0.6) is 0 Å². The van der Waals surface area contributed by atoms with Crippen molar-refractivity contribution >= 4 is 15.8 Å². The second kappa shape index (κ2) is 10.9. The van der Waals surface area contributed by atoms with Crippen molar-refractivity contribution in [2.75, 3.05) is 24.6 Å². The molecule has 2 saturated carbocycles. The van der Waals surface area contributed by atoms with Gasteiger partial charge in [0.1, 0.15) is 5.82 Å². The first kappa shape index (κ1) is 24.6. The summed E-state index contributed by atoms with van der Waals surface area (Å²) in [7, 11) is -3.33. The predicted molar refractivity (Wildman–Crippen MR) is 133 cm³/mol. The van der Waals surface area contributed by atoms with Gasteiger partial charge in [-0.1, -0.05) is 18.6 Å². The minimum Gasteiger partial charge on any atom is -0.374 e. The quantitative estimate of drug-likeness (QED) is 0.587. The van der Waals surface area contributed by atoms with Crippen molar-refractivity contribution in [1.82, 2.24) is 14.9 Å². The van der Waals surface area contributed by atoms with Crippen LogP contribution in [0.25, 0.3) is 0 Å². The summed E-state index contributed by atoms with van der Waals surface area (Å²) in [6.07, 6.45) is 8.63. The topological polar surface area (TPSA) is 84.4 Å². The van der Waals surface area contributed by atoms with E-state index in [1.165, 1.54) is 6.07 Å². The molecule has 2 aliphatic carbocycles. The fourth-order valence-corrected chi connectivity index (χ4v) is 7.40. The number of hydrogen-bond acceptors (Lipinski definition) is 6. The highest BCUT2D eigenvalue weighted by atomic mass is 32.2. The smallest absolute Gasteiger partial charge is 0.214 e. The van der Waals surface area contributed by atoms with Crippen molar-refractivity contribution in [2.24, 2.45) is 5.92 Å². The van der Waals surface area contributed by atoms with Gasteiger partial charge in [-0.3, -0.25) is 0 Å². The number of piperidine rings is 1. The number of hydrogen-bond donors (Lipinski definition) is 1. The van der Waals surface area contributed by atoms with Crippen LogP contribution in [0.2, 0.25) is 0 Å². The third kappa shape index (κ3) is 6.01. The lowest BCUT2D eigenvalue weighted by molar-refractivity contribution is -0.00143. The minimum atomic E-state index is -3.33. The summed E-state index contributed by atoms with van der Waals surface area (Å²) >= 11 is 0. The van der Waals surface area contributed by atoms with Gasteiger partial charge >= 0.3 is 0 Å². The lowest BCUT2D eigenvalue weighted by Crippen LogP contribution is -2.57. The molecule has 1 N–H and O–H groups in total. The van der Waals surface area contributed by atoms with E-state index in [0.717, 1.165) is 56.3 Å². The summed E-state index contributed by atoms with van der Waals surface area (Å²) in [4.78, 5) is 2.13. The van der Waals surface area contributed by atoms with Gasteiger partial charge in [0, 0.05) is 25.9 Å². The lowest BCUT2D eigenvalue weighted by Gasteiger charge is -2.40. The van der Waals surface area contributed by atoms with Gasteiger partial charge in [0.25, 0.3) is 0 Å². The first-order chi connectivity index (χ1) is 17.0. The van der Waals surface area contributed by atoms with Crippen molar-refractivity contribution in [3.05, 3.63) is 54.0 Å². The summed E-state index contributed by atoms with van der Waals surface area (Å²) in [5.74, 6) is 1.44. The summed E-state index contributed by atoms with van der Waals surface area (Å²) in [5.41, 5.74) is 1.08. The number of nitrogens with zero attached hydrogens (tertiary/aromatic N) is 3. The van der Waals surface area contributed by atoms with Gasteiger partial charge in [0.2, 0.25) is 10.0 Å². The number of ether oxygens (including phenoxy) is 1. The Labute approximate surface area is 207 Å². The normalized spacial score (nSPS) is 28.0. The molecule has 35 heavy (non-hydrogen) atoms. The Morgan fingerprint density at radius 3 is 2.57 bits per heavy atom. The Hall–Kier alpha value is -2.10. The monoisotopic (exact) mass is 502 g/mol. The average molecular weight is 503 g/mol. The number of anilines is 1. The summed E-state index contributed by atoms with van der Waals surface area (Å²) in [6.45, 7) is 1.89. The van der Waals surface area contributed by atoms with Gasteiger partial charge in [-0.05, 0) is 86.6 Å². The molecule has 5 rings (SSSR count). The largest absolute Gasteiger partial charge is 0.374 e. The minimum absolute atomic E-state index is 0.173. The molecule has 0 spiro atoms. The maximum Gasteiger partial charge on any atom is 0.214 e. The molecule has 0 unspecified atom stereocenters. The zero-order valence-electron chi connectivity index (χ0n) is 20.1. The third-order valence-corrected chi connectivity index (χ3v) is 9.94. The molecule has 1 saturated heterocycles. The van der Waals surface area contributed by atoms with Crippen LogP contribution in [-0.2, 0) is 14.8 Å². The van der Waals surface area contributed by atoms with E-state index in [-0.39, 0.29) is 23.2 Å². The van der Waals surface area contributed by atoms with Crippen molar-refractivity contribution in [1.29, 1.82) is 0 Å². The molecule has 3 fully saturated rings. The molecule has 1 aromatic carbocycles. The molecule has 2 aromatic rings. The van der Waals surface area contributed by atoms with Gasteiger partial charge in [-0.15, -0.1) is 5.10 Å². The van der Waals surface area contributed by atoms with E-state index in [0.29, 0.717) is 38.0 Å². The molecular weight excluding hydrogens is 467 g/mol. The molecule has 0 radical (unpaired) electrons. The first-order valence-corrected chi connectivity index (χ1v) is 14.4. The molecule has 190 valence electrons. The van der Waals surface area contributed by atoms with Gasteiger partial charge in [-0.2, -0.15) is 5.10 Å². The number of aromatic nitrogens is 2. The Morgan fingerprint density at radius 2 is 1.89 bits per heavy atom. The molecule has 2 atom stereocenters. The maximum absolute atomic E-state index is 13.6. The number of halogens is 1. The zero-order valence-corrected chi connectivity index (χ0v) is 20.9. The van der Waals surface area contributed by atoms with Gasteiger partial charge < -0.3 is 9.64 Å². The standard InChI is InChI=1S/C26H35FN4O3S/c27-22-5-1-4-21(16-22)20-11-9-19(10-12-20)18-34-25-17-31(26-8-3-14-28-29-26)15-13-24(25)30-35(32,33)23-6-2-7-23/h1,3-5,8,14,16,19-20,23-25,30H,2,6-7,9-13,15,17-18H2/t19?,20?,24-,25+/m0/s1. The number of benzene rings is 1. The molecule has 9 heteroatoms. The van der Waals surface area contributed by atoms with E-state index in [2.05, 4.69) is 19.8 Å². The van der Waals surface area contributed by atoms with Crippen LogP contribution in [0, 0.1) is 11.7 Å². The molecule has 1 aromatic heterocycles. The molecular formula is C26H35FN4O3S. The zero-order chi connectivity index (χ0) is 24.3. The molecule has 1 aliphatic heterocycles. The highest BCUT2D eigenvalue weighted by Crippen LogP contribution is 2.36. The molecule has 2 heterocycles. The summed E-state index contributed by atoms with van der Waals surface area (Å²) in [6, 6.07) is 10.5. The van der Waals surface area contributed by atoms with Crippen molar-refractivity contribution < 1.29 is 17.5 Å². The number of nitrogens with one attached hydrogen (secondary N) is 1. The number of rotatable bonds is 8. The summed E-state index contributed by atoms with van der Waals surface area (Å²) in [5, 5.41) is 7.97. The highest BCUT2D eigenvalue weighted by molar-refractivity contribution is 7.90. The highest BCUT2D eigenvalue weighted by Gasteiger charge is 2.38. The Morgan fingerprint density at radius 1 is 1.06 bits per heavy atom. The molecule has 3 aliphatic rings. The van der Waals surface area contributed by atoms with Crippen molar-refractivity contribution in [3.63, 3.8) is 0 Å². The second-order valence-electron chi connectivity index (χ2n) is 10.3. The SMILES string of the molecule is O=S(=O)(N[C@H]1CCN(c2cccnn2)C[C@H]1OCC1CCC(c2cccc(F)c2)CC1)C1CCC1. The van der Waals surface area contributed by atoms with Crippen LogP contribution in [0.1, 0.15) is 62.8 Å². The third-order valence-electron chi connectivity index (χ3n) is 7.96. The Kier molecular flexibility index (Phi) is 7.65. The van der Waals surface area contributed by atoms with E-state index < -0.39 is 10.0 Å². The van der Waals surface area contributed by atoms with Gasteiger partial charge in [0.05, 0.1) is 17.4 Å². The van der Waals surface area contributed by atoms with Crippen molar-refractivity contribution in [3.8, 4) is 0 Å². The van der Waals surface area contributed by atoms with Gasteiger partial charge in [-0.25, -0.2) is 17.5 Å². The van der Waals surface area contributed by atoms with Crippen LogP contribution < -0.4 is 9.62 Å². The van der Waals surface area contributed by atoms with Crippen molar-refractivity contribution in [2.45, 2.75) is 74.7 Å². The van der Waals surface area contributed by atoms with E-state index in [4.69, 9.17) is 4.74 Å².